The molecule has 2 aliphatic rings. The number of rotatable bonds is 5. The highest BCUT2D eigenvalue weighted by atomic mass is 16.5. The van der Waals surface area contributed by atoms with Crippen LogP contribution in [0.25, 0.3) is 0 Å². The molecule has 0 saturated carbocycles. The van der Waals surface area contributed by atoms with Gasteiger partial charge in [-0.05, 0) is 43.9 Å². The second-order valence-electron chi connectivity index (χ2n) is 7.73. The Bertz CT molecular complexity index is 763. The van der Waals surface area contributed by atoms with Crippen molar-refractivity contribution in [2.75, 3.05) is 7.11 Å². The number of piperidine rings is 2. The van der Waals surface area contributed by atoms with E-state index in [2.05, 4.69) is 22.3 Å². The minimum absolute atomic E-state index is 0.0526. The molecule has 0 radical (unpaired) electrons. The van der Waals surface area contributed by atoms with E-state index in [1.807, 2.05) is 42.5 Å². The van der Waals surface area contributed by atoms with E-state index >= 15 is 0 Å². The van der Waals surface area contributed by atoms with Gasteiger partial charge in [-0.1, -0.05) is 42.8 Å². The molecule has 0 spiro atoms. The van der Waals surface area contributed by atoms with E-state index in [4.69, 9.17) is 4.74 Å². The van der Waals surface area contributed by atoms with Gasteiger partial charge in [-0.25, -0.2) is 0 Å². The van der Waals surface area contributed by atoms with Crippen LogP contribution < -0.4 is 10.1 Å². The maximum absolute atomic E-state index is 12.5. The molecule has 2 aromatic carbocycles. The largest absolute Gasteiger partial charge is 0.496 e. The van der Waals surface area contributed by atoms with Crippen LogP contribution in [0.15, 0.2) is 54.6 Å². The highest BCUT2D eigenvalue weighted by Gasteiger charge is 2.38. The number of nitrogens with zero attached hydrogens (tertiary/aromatic N) is 1. The molecule has 0 unspecified atom stereocenters. The average Bonchev–Trinajstić information content (AvgIpc) is 2.69. The lowest BCUT2D eigenvalue weighted by atomic mass is 9.81. The lowest BCUT2D eigenvalue weighted by Crippen LogP contribution is -2.56. The number of methoxy groups -OCH3 is 1. The van der Waals surface area contributed by atoms with Crippen LogP contribution in [-0.4, -0.2) is 36.0 Å². The number of benzene rings is 2. The van der Waals surface area contributed by atoms with E-state index in [-0.39, 0.29) is 11.9 Å². The van der Waals surface area contributed by atoms with E-state index in [9.17, 15) is 4.79 Å². The van der Waals surface area contributed by atoms with Gasteiger partial charge in [0.2, 0.25) is 0 Å². The highest BCUT2D eigenvalue weighted by molar-refractivity contribution is 5.94. The van der Waals surface area contributed by atoms with Crippen LogP contribution in [0.5, 0.6) is 5.75 Å². The van der Waals surface area contributed by atoms with Gasteiger partial charge in [-0.2, -0.15) is 0 Å². The zero-order valence-electron chi connectivity index (χ0n) is 15.9. The van der Waals surface area contributed by atoms with Crippen molar-refractivity contribution in [1.82, 2.24) is 10.2 Å². The lowest BCUT2D eigenvalue weighted by Gasteiger charge is -2.49. The summed E-state index contributed by atoms with van der Waals surface area (Å²) in [5.74, 6) is 1.02. The molecule has 1 amide bonds. The predicted molar refractivity (Wildman–Crippen MR) is 107 cm³/mol. The summed E-state index contributed by atoms with van der Waals surface area (Å²) < 4.78 is 5.55. The molecule has 2 atom stereocenters. The summed E-state index contributed by atoms with van der Waals surface area (Å²) in [7, 11) is 1.74. The summed E-state index contributed by atoms with van der Waals surface area (Å²) >= 11 is 0. The molecule has 0 aromatic heterocycles. The van der Waals surface area contributed by atoms with Crippen LogP contribution in [0.3, 0.4) is 0 Å². The van der Waals surface area contributed by atoms with Crippen molar-refractivity contribution in [1.29, 1.82) is 0 Å². The fourth-order valence-corrected chi connectivity index (χ4v) is 4.74. The Morgan fingerprint density at radius 2 is 1.70 bits per heavy atom. The first kappa shape index (κ1) is 18.1. The average molecular weight is 364 g/mol. The molecule has 2 fully saturated rings. The maximum atomic E-state index is 12.5. The number of fused-ring (bicyclic) bond motifs is 2. The first-order chi connectivity index (χ1) is 13.2. The van der Waals surface area contributed by atoms with Crippen LogP contribution in [0.1, 0.15) is 48.0 Å². The number of nitrogens with one attached hydrogen (secondary N) is 1. The molecule has 2 heterocycles. The first-order valence-electron chi connectivity index (χ1n) is 9.98. The zero-order chi connectivity index (χ0) is 18.6. The van der Waals surface area contributed by atoms with E-state index in [0.717, 1.165) is 30.7 Å². The number of carbonyl (C=O) groups excluding carboxylic acids is 1. The quantitative estimate of drug-likeness (QED) is 0.872. The van der Waals surface area contributed by atoms with Crippen LogP contribution in [0, 0.1) is 0 Å². The lowest BCUT2D eigenvalue weighted by molar-refractivity contribution is 0.0172. The minimum Gasteiger partial charge on any atom is -0.496 e. The van der Waals surface area contributed by atoms with Gasteiger partial charge in [-0.3, -0.25) is 9.69 Å². The van der Waals surface area contributed by atoms with Crippen molar-refractivity contribution >= 4 is 5.91 Å². The summed E-state index contributed by atoms with van der Waals surface area (Å²) in [6, 6.07) is 19.2. The Morgan fingerprint density at radius 3 is 2.41 bits per heavy atom. The molecule has 2 aromatic rings. The number of para-hydroxylation sites is 1. The molecule has 0 aliphatic carbocycles. The Morgan fingerprint density at radius 1 is 1.04 bits per heavy atom. The van der Waals surface area contributed by atoms with Gasteiger partial charge in [0, 0.05) is 35.8 Å². The molecular weight excluding hydrogens is 336 g/mol. The van der Waals surface area contributed by atoms with Gasteiger partial charge in [0.05, 0.1) is 7.11 Å². The second-order valence-corrected chi connectivity index (χ2v) is 7.73. The molecule has 27 heavy (non-hydrogen) atoms. The maximum Gasteiger partial charge on any atom is 0.251 e. The van der Waals surface area contributed by atoms with Crippen LogP contribution in [0.4, 0.5) is 0 Å². The predicted octanol–water partition coefficient (Wildman–Crippen LogP) is 4.01. The molecule has 1 N–H and O–H groups in total. The number of hydrogen-bond donors (Lipinski definition) is 1. The molecule has 4 heteroatoms. The van der Waals surface area contributed by atoms with E-state index in [0.29, 0.717) is 12.1 Å². The summed E-state index contributed by atoms with van der Waals surface area (Å²) in [6.07, 6.45) is 5.78. The van der Waals surface area contributed by atoms with Crippen LogP contribution in [0.2, 0.25) is 0 Å². The molecule has 4 nitrogen and oxygen atoms in total. The number of ether oxygens (including phenoxy) is 1. The zero-order valence-corrected chi connectivity index (χ0v) is 15.9. The Labute approximate surface area is 161 Å². The van der Waals surface area contributed by atoms with Crippen molar-refractivity contribution in [2.45, 2.75) is 56.8 Å². The molecule has 2 saturated heterocycles. The SMILES string of the molecule is COc1ccccc1CN1[C@H]2CCC[C@H]1CC(NC(=O)c1ccccc1)C2. The summed E-state index contributed by atoms with van der Waals surface area (Å²) in [5, 5.41) is 3.28. The minimum atomic E-state index is 0.0526. The molecule has 2 bridgehead atoms. The van der Waals surface area contributed by atoms with Crippen molar-refractivity contribution in [3.63, 3.8) is 0 Å². The third-order valence-electron chi connectivity index (χ3n) is 6.04. The highest BCUT2D eigenvalue weighted by Crippen LogP contribution is 2.36. The smallest absolute Gasteiger partial charge is 0.251 e. The topological polar surface area (TPSA) is 41.6 Å². The number of carbonyl (C=O) groups is 1. The summed E-state index contributed by atoms with van der Waals surface area (Å²) in [6.45, 7) is 0.929. The second kappa shape index (κ2) is 8.13. The molecule has 2 aliphatic heterocycles. The third kappa shape index (κ3) is 4.01. The van der Waals surface area contributed by atoms with E-state index in [1.165, 1.54) is 24.8 Å². The van der Waals surface area contributed by atoms with Crippen molar-refractivity contribution in [3.05, 3.63) is 65.7 Å². The van der Waals surface area contributed by atoms with Crippen LogP contribution >= 0.6 is 0 Å². The van der Waals surface area contributed by atoms with Gasteiger partial charge in [0.25, 0.3) is 5.91 Å². The van der Waals surface area contributed by atoms with Gasteiger partial charge in [0.1, 0.15) is 5.75 Å². The number of amides is 1. The Hall–Kier alpha value is -2.33. The first-order valence-corrected chi connectivity index (χ1v) is 9.98. The van der Waals surface area contributed by atoms with Gasteiger partial charge in [0.15, 0.2) is 0 Å². The third-order valence-corrected chi connectivity index (χ3v) is 6.04. The van der Waals surface area contributed by atoms with E-state index in [1.54, 1.807) is 7.11 Å². The summed E-state index contributed by atoms with van der Waals surface area (Å²) in [5.41, 5.74) is 2.00. The van der Waals surface area contributed by atoms with Crippen molar-refractivity contribution < 1.29 is 9.53 Å². The fraction of sp³-hybridized carbons (Fsp3) is 0.435. The van der Waals surface area contributed by atoms with Gasteiger partial charge >= 0.3 is 0 Å². The number of hydrogen-bond acceptors (Lipinski definition) is 3. The Balaban J connectivity index is 1.44. The monoisotopic (exact) mass is 364 g/mol. The summed E-state index contributed by atoms with van der Waals surface area (Å²) in [4.78, 5) is 15.2. The standard InChI is InChI=1S/C23H28N2O2/c1-27-22-13-6-5-10-18(22)16-25-20-11-7-12-21(25)15-19(14-20)24-23(26)17-8-3-2-4-9-17/h2-6,8-10,13,19-21H,7,11-12,14-16H2,1H3,(H,24,26)/t20-,21-/m0/s1. The molecule has 142 valence electrons. The fourth-order valence-electron chi connectivity index (χ4n) is 4.74. The van der Waals surface area contributed by atoms with Crippen molar-refractivity contribution in [3.8, 4) is 5.75 Å². The van der Waals surface area contributed by atoms with Crippen LogP contribution in [-0.2, 0) is 6.54 Å². The molecular formula is C23H28N2O2. The molecule has 4 rings (SSSR count). The normalized spacial score (nSPS) is 25.0. The van der Waals surface area contributed by atoms with Gasteiger partial charge in [-0.15, -0.1) is 0 Å². The van der Waals surface area contributed by atoms with Crippen molar-refractivity contribution in [2.24, 2.45) is 0 Å². The van der Waals surface area contributed by atoms with Gasteiger partial charge < -0.3 is 10.1 Å². The van der Waals surface area contributed by atoms with E-state index < -0.39 is 0 Å². The Kier molecular flexibility index (Phi) is 5.44.